The number of ether oxygens (including phenoxy) is 1. The maximum Gasteiger partial charge on any atom is 0.341 e. The van der Waals surface area contributed by atoms with Crippen LogP contribution in [0.1, 0.15) is 29.5 Å². The number of hydrogen-bond acceptors (Lipinski definition) is 6. The zero-order valence-electron chi connectivity index (χ0n) is 18.4. The third kappa shape index (κ3) is 4.16. The van der Waals surface area contributed by atoms with Crippen LogP contribution in [0.15, 0.2) is 41.8 Å². The van der Waals surface area contributed by atoms with Crippen LogP contribution in [0.4, 0.5) is 18.0 Å². The number of amides is 2. The molecule has 1 aromatic carbocycles. The van der Waals surface area contributed by atoms with Crippen molar-refractivity contribution in [2.45, 2.75) is 25.5 Å². The number of benzene rings is 1. The smallest absolute Gasteiger partial charge is 0.341 e. The first-order chi connectivity index (χ1) is 16.8. The van der Waals surface area contributed by atoms with E-state index >= 15 is 0 Å². The summed E-state index contributed by atoms with van der Waals surface area (Å²) >= 11 is 0. The van der Waals surface area contributed by atoms with Crippen molar-refractivity contribution in [3.05, 3.63) is 71.2 Å². The molecule has 1 unspecified atom stereocenters. The summed E-state index contributed by atoms with van der Waals surface area (Å²) in [6.07, 6.45) is 3.74. The maximum absolute atomic E-state index is 14.4. The minimum absolute atomic E-state index is 0.0728. The predicted octanol–water partition coefficient (Wildman–Crippen LogP) is 3.48. The molecule has 3 aromatic rings. The third-order valence-electron chi connectivity index (χ3n) is 5.80. The average molecular weight is 481 g/mol. The van der Waals surface area contributed by atoms with E-state index in [0.717, 1.165) is 12.3 Å². The van der Waals surface area contributed by atoms with Crippen molar-refractivity contribution in [1.82, 2.24) is 24.4 Å². The molecule has 2 amide bonds. The zero-order chi connectivity index (χ0) is 24.7. The van der Waals surface area contributed by atoms with E-state index in [0.29, 0.717) is 17.8 Å². The number of imidazole rings is 1. The molecule has 0 aliphatic carbocycles. The number of pyridine rings is 1. The lowest BCUT2D eigenvalue weighted by atomic mass is 10.0. The van der Waals surface area contributed by atoms with E-state index in [2.05, 4.69) is 15.1 Å². The maximum atomic E-state index is 14.4. The molecule has 178 valence electrons. The quantitative estimate of drug-likeness (QED) is 0.568. The van der Waals surface area contributed by atoms with Crippen LogP contribution in [0.25, 0.3) is 5.82 Å². The third-order valence-corrected chi connectivity index (χ3v) is 5.80. The number of carbonyl (C=O) groups is 1. The number of halogens is 3. The number of hydrazone groups is 1. The number of urea groups is 1. The molecule has 9 nitrogen and oxygen atoms in total. The first-order valence-corrected chi connectivity index (χ1v) is 10.7. The summed E-state index contributed by atoms with van der Waals surface area (Å²) < 4.78 is 48.9. The van der Waals surface area contributed by atoms with Crippen LogP contribution in [0.2, 0.25) is 0 Å². The van der Waals surface area contributed by atoms with E-state index in [1.165, 1.54) is 45.1 Å². The number of nitriles is 1. The van der Waals surface area contributed by atoms with Gasteiger partial charge in [-0.2, -0.15) is 10.4 Å². The molecule has 0 radical (unpaired) electrons. The number of aromatic nitrogens is 3. The van der Waals surface area contributed by atoms with Crippen molar-refractivity contribution in [3.63, 3.8) is 0 Å². The van der Waals surface area contributed by atoms with E-state index in [1.54, 1.807) is 6.92 Å². The molecule has 0 saturated carbocycles. The van der Waals surface area contributed by atoms with Crippen molar-refractivity contribution >= 4 is 12.2 Å². The standard InChI is InChI=1S/C23H18F3N7O2/c1-13-28-9-17(8-27)32(13)22-7-21(19(26)10-29-22)35-18-11-31(12-18)23(34)33-20(2-3-30-33)14-4-15(24)6-16(25)5-14/h3-7,9-10,18,20H,2,11-12H2,1H3. The highest BCUT2D eigenvalue weighted by Gasteiger charge is 2.39. The molecule has 2 aliphatic heterocycles. The molecule has 12 heteroatoms. The Morgan fingerprint density at radius 3 is 2.57 bits per heavy atom. The molecule has 0 N–H and O–H groups in total. The van der Waals surface area contributed by atoms with Crippen LogP contribution < -0.4 is 4.74 Å². The molecule has 0 bridgehead atoms. The number of nitrogens with zero attached hydrogens (tertiary/aromatic N) is 7. The van der Waals surface area contributed by atoms with Crippen LogP contribution in [0.3, 0.4) is 0 Å². The minimum Gasteiger partial charge on any atom is -0.483 e. The molecule has 2 aromatic heterocycles. The SMILES string of the molecule is Cc1ncc(C#N)n1-c1cc(OC2CN(C(=O)N3N=CCC3c3cc(F)cc(F)c3)C2)c(F)cn1. The summed E-state index contributed by atoms with van der Waals surface area (Å²) in [7, 11) is 0. The highest BCUT2D eigenvalue weighted by atomic mass is 19.1. The van der Waals surface area contributed by atoms with E-state index in [-0.39, 0.29) is 30.4 Å². The van der Waals surface area contributed by atoms with Crippen LogP contribution in [0, 0.1) is 35.7 Å². The molecule has 1 saturated heterocycles. The Balaban J connectivity index is 1.26. The van der Waals surface area contributed by atoms with E-state index in [4.69, 9.17) is 4.74 Å². The number of aryl methyl sites for hydroxylation is 1. The fraction of sp³-hybridized carbons (Fsp3) is 0.261. The van der Waals surface area contributed by atoms with Crippen molar-refractivity contribution in [3.8, 4) is 17.6 Å². The second kappa shape index (κ2) is 8.75. The number of likely N-dealkylation sites (tertiary alicyclic amines) is 1. The van der Waals surface area contributed by atoms with Crippen molar-refractivity contribution in [2.24, 2.45) is 5.10 Å². The fourth-order valence-electron chi connectivity index (χ4n) is 4.07. The zero-order valence-corrected chi connectivity index (χ0v) is 18.4. The Hall–Kier alpha value is -4.40. The van der Waals surface area contributed by atoms with E-state index < -0.39 is 35.6 Å². The van der Waals surface area contributed by atoms with Gasteiger partial charge in [0.2, 0.25) is 0 Å². The van der Waals surface area contributed by atoms with Crippen LogP contribution >= 0.6 is 0 Å². The molecule has 4 heterocycles. The van der Waals surface area contributed by atoms with Crippen LogP contribution in [-0.4, -0.2) is 55.9 Å². The lowest BCUT2D eigenvalue weighted by Crippen LogP contribution is -2.58. The van der Waals surface area contributed by atoms with Gasteiger partial charge in [-0.25, -0.2) is 32.9 Å². The van der Waals surface area contributed by atoms with Gasteiger partial charge in [0.15, 0.2) is 11.6 Å². The molecular weight excluding hydrogens is 463 g/mol. The Morgan fingerprint density at radius 1 is 1.11 bits per heavy atom. The summed E-state index contributed by atoms with van der Waals surface area (Å²) in [4.78, 5) is 22.5. The first-order valence-electron chi connectivity index (χ1n) is 10.7. The Bertz CT molecular complexity index is 1360. The number of hydrogen-bond donors (Lipinski definition) is 0. The van der Waals surface area contributed by atoms with Gasteiger partial charge in [0.1, 0.15) is 41.1 Å². The normalized spacial score (nSPS) is 17.4. The molecule has 1 fully saturated rings. The lowest BCUT2D eigenvalue weighted by Gasteiger charge is -2.41. The monoisotopic (exact) mass is 481 g/mol. The highest BCUT2D eigenvalue weighted by molar-refractivity contribution is 5.79. The van der Waals surface area contributed by atoms with Crippen molar-refractivity contribution < 1.29 is 22.7 Å². The summed E-state index contributed by atoms with van der Waals surface area (Å²) in [5.41, 5.74) is 0.548. The lowest BCUT2D eigenvalue weighted by molar-refractivity contribution is 0.0256. The molecule has 0 spiro atoms. The molecule has 2 aliphatic rings. The van der Waals surface area contributed by atoms with Crippen molar-refractivity contribution in [1.29, 1.82) is 5.26 Å². The number of rotatable bonds is 4. The van der Waals surface area contributed by atoms with Crippen LogP contribution in [-0.2, 0) is 0 Å². The van der Waals surface area contributed by atoms with Gasteiger partial charge < -0.3 is 9.64 Å². The summed E-state index contributed by atoms with van der Waals surface area (Å²) in [5, 5.41) is 14.5. The van der Waals surface area contributed by atoms with Gasteiger partial charge in [-0.3, -0.25) is 4.57 Å². The summed E-state index contributed by atoms with van der Waals surface area (Å²) in [6, 6.07) is 5.42. The topological polar surface area (TPSA) is 99.6 Å². The van der Waals surface area contributed by atoms with E-state index in [9.17, 15) is 23.2 Å². The Morgan fingerprint density at radius 2 is 1.86 bits per heavy atom. The van der Waals surface area contributed by atoms with Gasteiger partial charge in [0.25, 0.3) is 0 Å². The second-order valence-corrected chi connectivity index (χ2v) is 8.14. The van der Waals surface area contributed by atoms with Crippen LogP contribution in [0.5, 0.6) is 5.75 Å². The fourth-order valence-corrected chi connectivity index (χ4v) is 4.07. The van der Waals surface area contributed by atoms with Gasteiger partial charge in [0.05, 0.1) is 31.5 Å². The average Bonchev–Trinajstić information content (AvgIpc) is 3.43. The Labute approximate surface area is 197 Å². The first kappa shape index (κ1) is 22.4. The molecule has 1 atom stereocenters. The number of carbonyl (C=O) groups excluding carboxylic acids is 1. The largest absolute Gasteiger partial charge is 0.483 e. The molecule has 5 rings (SSSR count). The van der Waals surface area contributed by atoms with Gasteiger partial charge in [-0.05, 0) is 24.6 Å². The van der Waals surface area contributed by atoms with Gasteiger partial charge >= 0.3 is 6.03 Å². The summed E-state index contributed by atoms with van der Waals surface area (Å²) in [5.74, 6) is -1.45. The molecule has 35 heavy (non-hydrogen) atoms. The molecular formula is C23H18F3N7O2. The van der Waals surface area contributed by atoms with Gasteiger partial charge in [-0.15, -0.1) is 0 Å². The highest BCUT2D eigenvalue weighted by Crippen LogP contribution is 2.32. The van der Waals surface area contributed by atoms with Gasteiger partial charge in [0, 0.05) is 24.8 Å². The second-order valence-electron chi connectivity index (χ2n) is 8.14. The summed E-state index contributed by atoms with van der Waals surface area (Å²) in [6.45, 7) is 2.02. The van der Waals surface area contributed by atoms with Gasteiger partial charge in [-0.1, -0.05) is 0 Å². The Kier molecular flexibility index (Phi) is 5.60. The van der Waals surface area contributed by atoms with Crippen molar-refractivity contribution in [2.75, 3.05) is 13.1 Å². The predicted molar refractivity (Wildman–Crippen MR) is 116 cm³/mol. The van der Waals surface area contributed by atoms with E-state index in [1.807, 2.05) is 6.07 Å². The minimum atomic E-state index is -0.733.